The molecule has 0 spiro atoms. The zero-order valence-corrected chi connectivity index (χ0v) is 7.22. The lowest BCUT2D eigenvalue weighted by Gasteiger charge is -2.00. The largest absolute Gasteiger partial charge is 0.507 e. The fraction of sp³-hybridized carbons (Fsp3) is 0. The van der Waals surface area contributed by atoms with Crippen LogP contribution >= 0.6 is 11.6 Å². The van der Waals surface area contributed by atoms with Gasteiger partial charge in [0.25, 0.3) is 0 Å². The topological polar surface area (TPSA) is 33.1 Å². The molecule has 0 atom stereocenters. The van der Waals surface area contributed by atoms with E-state index in [1.165, 1.54) is 18.2 Å². The lowest BCUT2D eigenvalue weighted by atomic mass is 10.2. The standard InChI is InChI=1S/C9H5ClFNO/c10-8-4-1-5-7(13)3-2-6(11)9(5)12-8/h1-4,13H. The molecule has 0 saturated carbocycles. The van der Waals surface area contributed by atoms with Crippen LogP contribution in [-0.2, 0) is 0 Å². The maximum absolute atomic E-state index is 13.1. The second kappa shape index (κ2) is 2.85. The molecule has 0 fully saturated rings. The van der Waals surface area contributed by atoms with E-state index < -0.39 is 5.82 Å². The first-order valence-electron chi connectivity index (χ1n) is 3.62. The van der Waals surface area contributed by atoms with Crippen LogP contribution in [0.1, 0.15) is 0 Å². The molecule has 0 unspecified atom stereocenters. The van der Waals surface area contributed by atoms with Gasteiger partial charge in [-0.2, -0.15) is 0 Å². The van der Waals surface area contributed by atoms with E-state index >= 15 is 0 Å². The van der Waals surface area contributed by atoms with E-state index in [0.717, 1.165) is 6.07 Å². The van der Waals surface area contributed by atoms with E-state index in [2.05, 4.69) is 4.98 Å². The Morgan fingerprint density at radius 2 is 2.00 bits per heavy atom. The molecule has 2 rings (SSSR count). The average Bonchev–Trinajstić information content (AvgIpc) is 2.12. The van der Waals surface area contributed by atoms with Crippen molar-refractivity contribution in [2.24, 2.45) is 0 Å². The van der Waals surface area contributed by atoms with E-state index in [-0.39, 0.29) is 16.4 Å². The van der Waals surface area contributed by atoms with E-state index in [1.54, 1.807) is 0 Å². The monoisotopic (exact) mass is 197 g/mol. The summed E-state index contributed by atoms with van der Waals surface area (Å²) in [6.45, 7) is 0. The number of hydrogen-bond acceptors (Lipinski definition) is 2. The number of rotatable bonds is 0. The van der Waals surface area contributed by atoms with E-state index in [1.807, 2.05) is 0 Å². The number of aromatic nitrogens is 1. The van der Waals surface area contributed by atoms with E-state index in [0.29, 0.717) is 5.39 Å². The predicted molar refractivity (Wildman–Crippen MR) is 48.4 cm³/mol. The van der Waals surface area contributed by atoms with Gasteiger partial charge in [-0.15, -0.1) is 0 Å². The van der Waals surface area contributed by atoms with E-state index in [4.69, 9.17) is 11.6 Å². The van der Waals surface area contributed by atoms with Crippen LogP contribution in [0.4, 0.5) is 4.39 Å². The number of pyridine rings is 1. The van der Waals surface area contributed by atoms with Crippen molar-refractivity contribution in [3.63, 3.8) is 0 Å². The Bertz CT molecular complexity index is 472. The lowest BCUT2D eigenvalue weighted by molar-refractivity contribution is 0.480. The molecule has 2 nitrogen and oxygen atoms in total. The van der Waals surface area contributed by atoms with Crippen molar-refractivity contribution in [1.82, 2.24) is 4.98 Å². The first-order valence-corrected chi connectivity index (χ1v) is 4.00. The van der Waals surface area contributed by atoms with Crippen molar-refractivity contribution < 1.29 is 9.50 Å². The summed E-state index contributed by atoms with van der Waals surface area (Å²) < 4.78 is 13.1. The summed E-state index contributed by atoms with van der Waals surface area (Å²) in [6.07, 6.45) is 0. The first-order chi connectivity index (χ1) is 6.18. The maximum Gasteiger partial charge on any atom is 0.149 e. The number of aromatic hydroxyl groups is 1. The lowest BCUT2D eigenvalue weighted by Crippen LogP contribution is -1.84. The summed E-state index contributed by atoms with van der Waals surface area (Å²) in [4.78, 5) is 3.77. The highest BCUT2D eigenvalue weighted by Crippen LogP contribution is 2.26. The van der Waals surface area contributed by atoms with Crippen LogP contribution in [0.2, 0.25) is 5.15 Å². The van der Waals surface area contributed by atoms with Gasteiger partial charge in [-0.1, -0.05) is 11.6 Å². The van der Waals surface area contributed by atoms with Gasteiger partial charge in [-0.25, -0.2) is 9.37 Å². The van der Waals surface area contributed by atoms with Gasteiger partial charge in [0.2, 0.25) is 0 Å². The smallest absolute Gasteiger partial charge is 0.149 e. The predicted octanol–water partition coefficient (Wildman–Crippen LogP) is 2.73. The molecule has 0 aliphatic carbocycles. The summed E-state index contributed by atoms with van der Waals surface area (Å²) in [5.41, 5.74) is 0.0903. The fourth-order valence-corrected chi connectivity index (χ4v) is 1.29. The molecule has 0 radical (unpaired) electrons. The van der Waals surface area contributed by atoms with Gasteiger partial charge in [0.15, 0.2) is 0 Å². The van der Waals surface area contributed by atoms with Crippen LogP contribution in [0.15, 0.2) is 24.3 Å². The zero-order chi connectivity index (χ0) is 9.42. The molecule has 0 aliphatic rings. The van der Waals surface area contributed by atoms with E-state index in [9.17, 15) is 9.50 Å². The number of halogens is 2. The van der Waals surface area contributed by atoms with Gasteiger partial charge >= 0.3 is 0 Å². The maximum atomic E-state index is 13.1. The molecule has 0 saturated heterocycles. The molecule has 1 heterocycles. The minimum atomic E-state index is -0.490. The molecule has 13 heavy (non-hydrogen) atoms. The molecule has 0 bridgehead atoms. The minimum Gasteiger partial charge on any atom is -0.507 e. The molecule has 0 aliphatic heterocycles. The Balaban J connectivity index is 2.92. The third-order valence-electron chi connectivity index (χ3n) is 1.75. The summed E-state index contributed by atoms with van der Waals surface area (Å²) in [5.74, 6) is -0.490. The Kier molecular flexibility index (Phi) is 1.81. The van der Waals surface area contributed by atoms with Gasteiger partial charge in [-0.3, -0.25) is 0 Å². The van der Waals surface area contributed by atoms with Crippen LogP contribution in [0.3, 0.4) is 0 Å². The van der Waals surface area contributed by atoms with Crippen molar-refractivity contribution in [2.45, 2.75) is 0 Å². The number of benzene rings is 1. The Hall–Kier alpha value is -1.35. The summed E-state index contributed by atoms with van der Waals surface area (Å²) in [6, 6.07) is 5.47. The van der Waals surface area contributed by atoms with Crippen molar-refractivity contribution >= 4 is 22.5 Å². The molecule has 1 aromatic heterocycles. The van der Waals surface area contributed by atoms with Gasteiger partial charge in [0.05, 0.1) is 0 Å². The van der Waals surface area contributed by atoms with Crippen molar-refractivity contribution in [3.05, 3.63) is 35.2 Å². The van der Waals surface area contributed by atoms with Crippen LogP contribution in [-0.4, -0.2) is 10.1 Å². The molecule has 4 heteroatoms. The third-order valence-corrected chi connectivity index (χ3v) is 1.96. The first kappa shape index (κ1) is 8.26. The Morgan fingerprint density at radius 1 is 1.23 bits per heavy atom. The van der Waals surface area contributed by atoms with Crippen molar-refractivity contribution in [3.8, 4) is 5.75 Å². The Labute approximate surface area is 78.6 Å². The van der Waals surface area contributed by atoms with Crippen LogP contribution in [0.25, 0.3) is 10.9 Å². The second-order valence-electron chi connectivity index (χ2n) is 2.60. The fourth-order valence-electron chi connectivity index (χ4n) is 1.14. The quantitative estimate of drug-likeness (QED) is 0.659. The Morgan fingerprint density at radius 3 is 2.77 bits per heavy atom. The van der Waals surface area contributed by atoms with Crippen LogP contribution in [0.5, 0.6) is 5.75 Å². The highest BCUT2D eigenvalue weighted by Gasteiger charge is 2.06. The van der Waals surface area contributed by atoms with Crippen LogP contribution < -0.4 is 0 Å². The number of fused-ring (bicyclic) bond motifs is 1. The van der Waals surface area contributed by atoms with Gasteiger partial charge in [0.1, 0.15) is 22.2 Å². The molecule has 0 amide bonds. The second-order valence-corrected chi connectivity index (χ2v) is 2.98. The average molecular weight is 198 g/mol. The van der Waals surface area contributed by atoms with Crippen molar-refractivity contribution in [2.75, 3.05) is 0 Å². The zero-order valence-electron chi connectivity index (χ0n) is 6.46. The molecule has 2 aromatic rings. The molecule has 66 valence electrons. The minimum absolute atomic E-state index is 0.000525. The number of hydrogen-bond donors (Lipinski definition) is 1. The summed E-state index contributed by atoms with van der Waals surface area (Å²) >= 11 is 5.58. The van der Waals surface area contributed by atoms with Crippen molar-refractivity contribution in [1.29, 1.82) is 0 Å². The highest BCUT2D eigenvalue weighted by molar-refractivity contribution is 6.29. The number of nitrogens with zero attached hydrogens (tertiary/aromatic N) is 1. The molecule has 1 N–H and O–H groups in total. The SMILES string of the molecule is Oc1ccc(F)c2nc(Cl)ccc12. The number of phenolic OH excluding ortho intramolecular Hbond substituents is 1. The van der Waals surface area contributed by atoms with Gasteiger partial charge in [-0.05, 0) is 24.3 Å². The molecule has 1 aromatic carbocycles. The summed E-state index contributed by atoms with van der Waals surface area (Å²) in [5, 5.41) is 9.91. The van der Waals surface area contributed by atoms with Gasteiger partial charge in [0, 0.05) is 5.39 Å². The summed E-state index contributed by atoms with van der Waals surface area (Å²) in [7, 11) is 0. The molecular weight excluding hydrogens is 193 g/mol. The number of phenols is 1. The highest BCUT2D eigenvalue weighted by atomic mass is 35.5. The third kappa shape index (κ3) is 1.31. The molecular formula is C9H5ClFNO. The van der Waals surface area contributed by atoms with Gasteiger partial charge < -0.3 is 5.11 Å². The van der Waals surface area contributed by atoms with Crippen LogP contribution in [0, 0.1) is 5.82 Å². The normalized spacial score (nSPS) is 10.6.